The molecule has 3 fully saturated rings. The van der Waals surface area contributed by atoms with Crippen molar-refractivity contribution in [3.05, 3.63) is 24.2 Å². The molecule has 1 aromatic heterocycles. The van der Waals surface area contributed by atoms with Gasteiger partial charge < -0.3 is 9.15 Å². The van der Waals surface area contributed by atoms with Gasteiger partial charge in [-0.2, -0.15) is 0 Å². The molecule has 3 aliphatic heterocycles. The number of nitrogens with zero attached hydrogens (tertiary/aromatic N) is 2. The Morgan fingerprint density at radius 2 is 2.13 bits per heavy atom. The molecule has 0 bridgehead atoms. The molecular formula is C17H24N2O4. The Bertz CT molecular complexity index is 531. The minimum atomic E-state index is -0.315. The first kappa shape index (κ1) is 15.2. The summed E-state index contributed by atoms with van der Waals surface area (Å²) >= 11 is 0. The van der Waals surface area contributed by atoms with Gasteiger partial charge in [-0.15, -0.1) is 0 Å². The number of carbonyl (C=O) groups excluding carboxylic acids is 1. The first-order valence-corrected chi connectivity index (χ1v) is 8.61. The van der Waals surface area contributed by atoms with Crippen LogP contribution in [0.15, 0.2) is 22.8 Å². The van der Waals surface area contributed by atoms with Crippen molar-refractivity contribution in [1.29, 1.82) is 0 Å². The first-order valence-electron chi connectivity index (χ1n) is 8.61. The van der Waals surface area contributed by atoms with Crippen molar-refractivity contribution >= 4 is 5.91 Å². The van der Waals surface area contributed by atoms with E-state index in [4.69, 9.17) is 14.0 Å². The van der Waals surface area contributed by atoms with E-state index in [0.29, 0.717) is 13.2 Å². The van der Waals surface area contributed by atoms with Crippen LogP contribution in [0.1, 0.15) is 37.9 Å². The Kier molecular flexibility index (Phi) is 4.13. The van der Waals surface area contributed by atoms with E-state index in [0.717, 1.165) is 57.5 Å². The standard InChI is InChI=1S/C17H24N2O4/c20-16(19-8-2-12-22-19)15-4-5-17(23-15)6-9-18(10-7-17)13-14-3-1-11-21-14/h1,3,11,15H,2,4-10,12-13H2/t15-/m1/s1. The molecule has 0 aromatic carbocycles. The van der Waals surface area contributed by atoms with Crippen LogP contribution in [0.5, 0.6) is 0 Å². The maximum Gasteiger partial charge on any atom is 0.275 e. The molecule has 0 saturated carbocycles. The van der Waals surface area contributed by atoms with Gasteiger partial charge in [0.15, 0.2) is 0 Å². The van der Waals surface area contributed by atoms with Crippen LogP contribution in [0.4, 0.5) is 0 Å². The Balaban J connectivity index is 1.30. The molecule has 1 amide bonds. The zero-order chi connectivity index (χ0) is 15.7. The van der Waals surface area contributed by atoms with Crippen LogP contribution >= 0.6 is 0 Å². The number of rotatable bonds is 3. The SMILES string of the molecule is O=C([C@H]1CCC2(CCN(Cc3ccco3)CC2)O1)N1CCCO1. The largest absolute Gasteiger partial charge is 0.468 e. The molecular weight excluding hydrogens is 296 g/mol. The summed E-state index contributed by atoms with van der Waals surface area (Å²) < 4.78 is 11.6. The highest BCUT2D eigenvalue weighted by atomic mass is 16.7. The lowest BCUT2D eigenvalue weighted by molar-refractivity contribution is -0.185. The third-order valence-electron chi connectivity index (χ3n) is 5.26. The number of carbonyl (C=O) groups is 1. The van der Waals surface area contributed by atoms with Crippen molar-refractivity contribution in [1.82, 2.24) is 9.96 Å². The molecule has 126 valence electrons. The number of piperidine rings is 1. The maximum absolute atomic E-state index is 12.4. The number of furan rings is 1. The van der Waals surface area contributed by atoms with E-state index in [-0.39, 0.29) is 17.6 Å². The van der Waals surface area contributed by atoms with E-state index in [1.165, 1.54) is 5.06 Å². The smallest absolute Gasteiger partial charge is 0.275 e. The highest BCUT2D eigenvalue weighted by Gasteiger charge is 2.46. The molecule has 6 nitrogen and oxygen atoms in total. The molecule has 3 saturated heterocycles. The normalized spacial score (nSPS) is 27.8. The third-order valence-corrected chi connectivity index (χ3v) is 5.26. The van der Waals surface area contributed by atoms with E-state index in [1.807, 2.05) is 12.1 Å². The number of hydrogen-bond acceptors (Lipinski definition) is 5. The van der Waals surface area contributed by atoms with Gasteiger partial charge in [-0.25, -0.2) is 5.06 Å². The monoisotopic (exact) mass is 320 g/mol. The third kappa shape index (κ3) is 3.16. The topological polar surface area (TPSA) is 55.2 Å². The highest BCUT2D eigenvalue weighted by molar-refractivity contribution is 5.80. The van der Waals surface area contributed by atoms with Gasteiger partial charge in [0.05, 0.1) is 31.6 Å². The summed E-state index contributed by atoms with van der Waals surface area (Å²) in [4.78, 5) is 20.2. The van der Waals surface area contributed by atoms with Crippen LogP contribution in [0.25, 0.3) is 0 Å². The lowest BCUT2D eigenvalue weighted by Crippen LogP contribution is -2.45. The maximum atomic E-state index is 12.4. The van der Waals surface area contributed by atoms with E-state index < -0.39 is 0 Å². The fourth-order valence-corrected chi connectivity index (χ4v) is 3.88. The van der Waals surface area contributed by atoms with Crippen molar-refractivity contribution in [2.45, 2.75) is 50.4 Å². The van der Waals surface area contributed by atoms with Gasteiger partial charge in [0.1, 0.15) is 11.9 Å². The van der Waals surface area contributed by atoms with Crippen LogP contribution in [0.2, 0.25) is 0 Å². The second-order valence-electron chi connectivity index (χ2n) is 6.81. The lowest BCUT2D eigenvalue weighted by atomic mass is 9.88. The van der Waals surface area contributed by atoms with Crippen molar-refractivity contribution in [3.8, 4) is 0 Å². The van der Waals surface area contributed by atoms with E-state index >= 15 is 0 Å². The number of hydrogen-bond donors (Lipinski definition) is 0. The number of hydroxylamine groups is 2. The second kappa shape index (κ2) is 6.26. The summed E-state index contributed by atoms with van der Waals surface area (Å²) in [5.41, 5.74) is -0.111. The van der Waals surface area contributed by atoms with Crippen molar-refractivity contribution in [2.24, 2.45) is 0 Å². The Morgan fingerprint density at radius 3 is 2.83 bits per heavy atom. The first-order chi connectivity index (χ1) is 11.2. The van der Waals surface area contributed by atoms with Crippen LogP contribution in [-0.2, 0) is 20.9 Å². The van der Waals surface area contributed by atoms with Crippen LogP contribution in [0.3, 0.4) is 0 Å². The summed E-state index contributed by atoms with van der Waals surface area (Å²) in [6.07, 6.45) is 6.09. The molecule has 6 heteroatoms. The summed E-state index contributed by atoms with van der Waals surface area (Å²) in [5.74, 6) is 1.02. The molecule has 0 unspecified atom stereocenters. The van der Waals surface area contributed by atoms with E-state index in [9.17, 15) is 4.79 Å². The predicted octanol–water partition coefficient (Wildman–Crippen LogP) is 1.96. The van der Waals surface area contributed by atoms with Gasteiger partial charge in [-0.05, 0) is 44.2 Å². The highest BCUT2D eigenvalue weighted by Crippen LogP contribution is 2.39. The molecule has 3 aliphatic rings. The van der Waals surface area contributed by atoms with Crippen LogP contribution in [0, 0.1) is 0 Å². The van der Waals surface area contributed by atoms with Gasteiger partial charge in [-0.1, -0.05) is 0 Å². The molecule has 1 atom stereocenters. The average Bonchev–Trinajstić information content (AvgIpc) is 3.31. The van der Waals surface area contributed by atoms with Crippen LogP contribution < -0.4 is 0 Å². The summed E-state index contributed by atoms with van der Waals surface area (Å²) in [5, 5.41) is 1.50. The Hall–Kier alpha value is -1.37. The Labute approximate surface area is 136 Å². The quantitative estimate of drug-likeness (QED) is 0.852. The molecule has 23 heavy (non-hydrogen) atoms. The number of likely N-dealkylation sites (tertiary alicyclic amines) is 1. The molecule has 4 rings (SSSR count). The van der Waals surface area contributed by atoms with Gasteiger partial charge in [0.25, 0.3) is 5.91 Å². The minimum Gasteiger partial charge on any atom is -0.468 e. The van der Waals surface area contributed by atoms with Gasteiger partial charge in [0, 0.05) is 13.1 Å². The molecule has 0 radical (unpaired) electrons. The predicted molar refractivity (Wildman–Crippen MR) is 82.3 cm³/mol. The van der Waals surface area contributed by atoms with Crippen molar-refractivity contribution in [3.63, 3.8) is 0 Å². The summed E-state index contributed by atoms with van der Waals surface area (Å²) in [6, 6.07) is 3.94. The average molecular weight is 320 g/mol. The fourth-order valence-electron chi connectivity index (χ4n) is 3.88. The van der Waals surface area contributed by atoms with E-state index in [1.54, 1.807) is 6.26 Å². The van der Waals surface area contributed by atoms with E-state index in [2.05, 4.69) is 4.90 Å². The fraction of sp³-hybridized carbons (Fsp3) is 0.706. The van der Waals surface area contributed by atoms with Gasteiger partial charge in [0.2, 0.25) is 0 Å². The molecule has 1 aromatic rings. The number of ether oxygens (including phenoxy) is 1. The molecule has 4 heterocycles. The van der Waals surface area contributed by atoms with Gasteiger partial charge >= 0.3 is 0 Å². The molecule has 0 aliphatic carbocycles. The summed E-state index contributed by atoms with van der Waals surface area (Å²) in [7, 11) is 0. The van der Waals surface area contributed by atoms with Gasteiger partial charge in [-0.3, -0.25) is 14.5 Å². The Morgan fingerprint density at radius 1 is 1.26 bits per heavy atom. The van der Waals surface area contributed by atoms with Crippen LogP contribution in [-0.4, -0.2) is 53.8 Å². The lowest BCUT2D eigenvalue weighted by Gasteiger charge is -2.38. The van der Waals surface area contributed by atoms with Crippen molar-refractivity contribution in [2.75, 3.05) is 26.2 Å². The second-order valence-corrected chi connectivity index (χ2v) is 6.81. The summed E-state index contributed by atoms with van der Waals surface area (Å²) in [6.45, 7) is 4.17. The minimum absolute atomic E-state index is 0.0115. The molecule has 0 N–H and O–H groups in total. The van der Waals surface area contributed by atoms with Crippen molar-refractivity contribution < 1.29 is 18.8 Å². The molecule has 1 spiro atoms. The zero-order valence-corrected chi connectivity index (χ0v) is 13.4. The zero-order valence-electron chi connectivity index (χ0n) is 13.4. The number of amides is 1.